The Balaban J connectivity index is 1.64. The quantitative estimate of drug-likeness (QED) is 0.669. The fourth-order valence-corrected chi connectivity index (χ4v) is 4.01. The SMILES string of the molecule is CC[C@@H](C)NC(=O)[C@H](NC(=O)c1ccccc1)C1CCN(C(=O)Cc2ccccc2)CC1. The van der Waals surface area contributed by atoms with E-state index in [1.807, 2.05) is 55.1 Å². The molecule has 3 amide bonds. The molecule has 2 N–H and O–H groups in total. The van der Waals surface area contributed by atoms with Crippen LogP contribution < -0.4 is 10.6 Å². The Labute approximate surface area is 190 Å². The van der Waals surface area contributed by atoms with Crippen molar-refractivity contribution < 1.29 is 14.4 Å². The highest BCUT2D eigenvalue weighted by atomic mass is 16.2. The van der Waals surface area contributed by atoms with E-state index in [4.69, 9.17) is 0 Å². The molecule has 0 bridgehead atoms. The third-order valence-corrected chi connectivity index (χ3v) is 6.17. The molecule has 2 aromatic carbocycles. The van der Waals surface area contributed by atoms with Gasteiger partial charge in [-0.2, -0.15) is 0 Å². The third-order valence-electron chi connectivity index (χ3n) is 6.17. The summed E-state index contributed by atoms with van der Waals surface area (Å²) in [6.07, 6.45) is 2.55. The molecule has 0 aliphatic carbocycles. The Morgan fingerprint density at radius 1 is 0.938 bits per heavy atom. The highest BCUT2D eigenvalue weighted by molar-refractivity contribution is 5.97. The Morgan fingerprint density at radius 2 is 1.53 bits per heavy atom. The van der Waals surface area contributed by atoms with Crippen molar-refractivity contribution in [2.45, 2.75) is 51.6 Å². The van der Waals surface area contributed by atoms with Gasteiger partial charge in [0.05, 0.1) is 6.42 Å². The number of nitrogens with one attached hydrogen (secondary N) is 2. The summed E-state index contributed by atoms with van der Waals surface area (Å²) < 4.78 is 0. The first-order chi connectivity index (χ1) is 15.5. The van der Waals surface area contributed by atoms with Crippen LogP contribution in [0.5, 0.6) is 0 Å². The Bertz CT molecular complexity index is 893. The second-order valence-corrected chi connectivity index (χ2v) is 8.52. The van der Waals surface area contributed by atoms with Gasteiger partial charge in [0.2, 0.25) is 11.8 Å². The van der Waals surface area contributed by atoms with Gasteiger partial charge in [0, 0.05) is 24.7 Å². The van der Waals surface area contributed by atoms with Crippen LogP contribution in [0.25, 0.3) is 0 Å². The summed E-state index contributed by atoms with van der Waals surface area (Å²) in [7, 11) is 0. The molecule has 6 heteroatoms. The van der Waals surface area contributed by atoms with Gasteiger partial charge in [0.25, 0.3) is 5.91 Å². The Morgan fingerprint density at radius 3 is 2.12 bits per heavy atom. The topological polar surface area (TPSA) is 78.5 Å². The van der Waals surface area contributed by atoms with Crippen LogP contribution in [0.2, 0.25) is 0 Å². The number of amides is 3. The minimum Gasteiger partial charge on any atom is -0.352 e. The van der Waals surface area contributed by atoms with Gasteiger partial charge in [-0.05, 0) is 49.8 Å². The van der Waals surface area contributed by atoms with Gasteiger partial charge in [-0.15, -0.1) is 0 Å². The van der Waals surface area contributed by atoms with Gasteiger partial charge in [0.1, 0.15) is 6.04 Å². The number of likely N-dealkylation sites (tertiary alicyclic amines) is 1. The van der Waals surface area contributed by atoms with Gasteiger partial charge in [-0.1, -0.05) is 55.5 Å². The number of nitrogens with zero attached hydrogens (tertiary/aromatic N) is 1. The molecular weight excluding hydrogens is 402 g/mol. The van der Waals surface area contributed by atoms with Crippen molar-refractivity contribution in [3.8, 4) is 0 Å². The van der Waals surface area contributed by atoms with Crippen molar-refractivity contribution in [3.05, 3.63) is 71.8 Å². The van der Waals surface area contributed by atoms with E-state index in [0.717, 1.165) is 12.0 Å². The standard InChI is InChI=1S/C26H33N3O3/c1-3-19(2)27-26(32)24(28-25(31)22-12-8-5-9-13-22)21-14-16-29(17-15-21)23(30)18-20-10-6-4-7-11-20/h4-13,19,21,24H,3,14-18H2,1-2H3,(H,27,32)(H,28,31)/t19-,24-/m1/s1. The van der Waals surface area contributed by atoms with Crippen molar-refractivity contribution >= 4 is 17.7 Å². The van der Waals surface area contributed by atoms with Gasteiger partial charge in [0.15, 0.2) is 0 Å². The van der Waals surface area contributed by atoms with E-state index >= 15 is 0 Å². The predicted molar refractivity (Wildman–Crippen MR) is 125 cm³/mol. The molecule has 0 saturated carbocycles. The lowest BCUT2D eigenvalue weighted by Crippen LogP contribution is -2.55. The average molecular weight is 436 g/mol. The predicted octanol–water partition coefficient (Wildman–Crippen LogP) is 3.18. The molecule has 1 saturated heterocycles. The average Bonchev–Trinajstić information content (AvgIpc) is 2.83. The van der Waals surface area contributed by atoms with Crippen molar-refractivity contribution in [1.29, 1.82) is 0 Å². The first-order valence-electron chi connectivity index (χ1n) is 11.5. The molecule has 0 spiro atoms. The van der Waals surface area contributed by atoms with Crippen LogP contribution in [0, 0.1) is 5.92 Å². The molecule has 1 heterocycles. The van der Waals surface area contributed by atoms with Gasteiger partial charge in [-0.25, -0.2) is 0 Å². The summed E-state index contributed by atoms with van der Waals surface area (Å²) in [5.74, 6) is -0.328. The number of piperidine rings is 1. The third kappa shape index (κ3) is 6.42. The maximum atomic E-state index is 13.0. The van der Waals surface area contributed by atoms with Crippen molar-refractivity contribution in [2.24, 2.45) is 5.92 Å². The minimum absolute atomic E-state index is 0.0208. The molecule has 0 aromatic heterocycles. The summed E-state index contributed by atoms with van der Waals surface area (Å²) in [5, 5.41) is 5.98. The molecule has 1 fully saturated rings. The zero-order valence-corrected chi connectivity index (χ0v) is 18.9. The highest BCUT2D eigenvalue weighted by Crippen LogP contribution is 2.22. The van der Waals surface area contributed by atoms with E-state index in [-0.39, 0.29) is 29.7 Å². The minimum atomic E-state index is -0.622. The molecule has 170 valence electrons. The molecule has 32 heavy (non-hydrogen) atoms. The van der Waals surface area contributed by atoms with Gasteiger partial charge < -0.3 is 15.5 Å². The van der Waals surface area contributed by atoms with E-state index in [1.54, 1.807) is 24.3 Å². The fourth-order valence-electron chi connectivity index (χ4n) is 4.01. The Kier molecular flexibility index (Phi) is 8.42. The van der Waals surface area contributed by atoms with Crippen LogP contribution >= 0.6 is 0 Å². The normalized spacial score (nSPS) is 16.1. The van der Waals surface area contributed by atoms with Crippen LogP contribution in [0.1, 0.15) is 49.0 Å². The summed E-state index contributed by atoms with van der Waals surface area (Å²) in [4.78, 5) is 40.4. The maximum Gasteiger partial charge on any atom is 0.251 e. The van der Waals surface area contributed by atoms with Crippen molar-refractivity contribution in [1.82, 2.24) is 15.5 Å². The lowest BCUT2D eigenvalue weighted by atomic mass is 9.88. The van der Waals surface area contributed by atoms with Crippen LogP contribution in [0.3, 0.4) is 0 Å². The molecule has 1 aliphatic rings. The van der Waals surface area contributed by atoms with Crippen molar-refractivity contribution in [2.75, 3.05) is 13.1 Å². The number of carbonyl (C=O) groups is 3. The largest absolute Gasteiger partial charge is 0.352 e. The molecule has 2 aromatic rings. The molecule has 6 nitrogen and oxygen atoms in total. The molecular formula is C26H33N3O3. The summed E-state index contributed by atoms with van der Waals surface area (Å²) >= 11 is 0. The van der Waals surface area contributed by atoms with E-state index in [1.165, 1.54) is 0 Å². The molecule has 2 atom stereocenters. The van der Waals surface area contributed by atoms with Gasteiger partial charge >= 0.3 is 0 Å². The summed E-state index contributed by atoms with van der Waals surface area (Å²) in [6, 6.07) is 18.1. The number of hydrogen-bond acceptors (Lipinski definition) is 3. The maximum absolute atomic E-state index is 13.0. The molecule has 1 aliphatic heterocycles. The zero-order valence-electron chi connectivity index (χ0n) is 18.9. The monoisotopic (exact) mass is 435 g/mol. The number of hydrogen-bond donors (Lipinski definition) is 2. The number of benzene rings is 2. The molecule has 0 unspecified atom stereocenters. The first kappa shape index (κ1) is 23.5. The van der Waals surface area contributed by atoms with E-state index in [0.29, 0.717) is 37.9 Å². The van der Waals surface area contributed by atoms with E-state index in [2.05, 4.69) is 10.6 Å². The second-order valence-electron chi connectivity index (χ2n) is 8.52. The van der Waals surface area contributed by atoms with Crippen molar-refractivity contribution in [3.63, 3.8) is 0 Å². The lowest BCUT2D eigenvalue weighted by Gasteiger charge is -2.36. The Hall–Kier alpha value is -3.15. The lowest BCUT2D eigenvalue weighted by molar-refractivity contribution is -0.132. The van der Waals surface area contributed by atoms with E-state index in [9.17, 15) is 14.4 Å². The van der Waals surface area contributed by atoms with Crippen LogP contribution in [0.4, 0.5) is 0 Å². The fraction of sp³-hybridized carbons (Fsp3) is 0.423. The first-order valence-corrected chi connectivity index (χ1v) is 11.5. The number of carbonyl (C=O) groups excluding carboxylic acids is 3. The molecule has 3 rings (SSSR count). The smallest absolute Gasteiger partial charge is 0.251 e. The summed E-state index contributed by atoms with van der Waals surface area (Å²) in [6.45, 7) is 5.15. The van der Waals surface area contributed by atoms with Crippen LogP contribution in [-0.4, -0.2) is 47.8 Å². The van der Waals surface area contributed by atoms with Crippen LogP contribution in [0.15, 0.2) is 60.7 Å². The van der Waals surface area contributed by atoms with Crippen LogP contribution in [-0.2, 0) is 16.0 Å². The molecule has 0 radical (unpaired) electrons. The highest BCUT2D eigenvalue weighted by Gasteiger charge is 2.34. The second kappa shape index (κ2) is 11.5. The van der Waals surface area contributed by atoms with Gasteiger partial charge in [-0.3, -0.25) is 14.4 Å². The summed E-state index contributed by atoms with van der Waals surface area (Å²) in [5.41, 5.74) is 1.53. The van der Waals surface area contributed by atoms with E-state index < -0.39 is 6.04 Å². The zero-order chi connectivity index (χ0) is 22.9. The number of rotatable bonds is 8.